The molecule has 1 rings (SSSR count). The van der Waals surface area contributed by atoms with Crippen LogP contribution in [0.5, 0.6) is 0 Å². The highest BCUT2D eigenvalue weighted by molar-refractivity contribution is 4.90. The van der Waals surface area contributed by atoms with Crippen molar-refractivity contribution in [2.24, 2.45) is 5.73 Å². The van der Waals surface area contributed by atoms with E-state index >= 15 is 0 Å². The van der Waals surface area contributed by atoms with Crippen molar-refractivity contribution < 1.29 is 0 Å². The molecule has 1 aliphatic heterocycles. The molecule has 86 valence electrons. The van der Waals surface area contributed by atoms with Crippen LogP contribution in [0.25, 0.3) is 0 Å². The van der Waals surface area contributed by atoms with Gasteiger partial charge in [-0.2, -0.15) is 5.26 Å². The zero-order valence-corrected chi connectivity index (χ0v) is 9.82. The quantitative estimate of drug-likeness (QED) is 0.723. The van der Waals surface area contributed by atoms with Gasteiger partial charge in [-0.1, -0.05) is 6.92 Å². The first kappa shape index (κ1) is 12.4. The van der Waals surface area contributed by atoms with Crippen LogP contribution in [0.4, 0.5) is 0 Å². The van der Waals surface area contributed by atoms with Gasteiger partial charge in [-0.05, 0) is 13.3 Å². The van der Waals surface area contributed by atoms with Crippen LogP contribution in [0.15, 0.2) is 0 Å². The van der Waals surface area contributed by atoms with Gasteiger partial charge in [0.15, 0.2) is 0 Å². The maximum Gasteiger partial charge on any atom is 0.106 e. The van der Waals surface area contributed by atoms with Crippen LogP contribution in [-0.4, -0.2) is 54.6 Å². The van der Waals surface area contributed by atoms with Gasteiger partial charge in [0, 0.05) is 38.8 Å². The van der Waals surface area contributed by atoms with E-state index < -0.39 is 0 Å². The summed E-state index contributed by atoms with van der Waals surface area (Å²) in [5, 5.41) is 8.63. The predicted molar refractivity (Wildman–Crippen MR) is 61.4 cm³/mol. The summed E-state index contributed by atoms with van der Waals surface area (Å²) in [6.07, 6.45) is 1.21. The molecule has 0 aromatic rings. The number of rotatable bonds is 4. The van der Waals surface area contributed by atoms with Crippen LogP contribution >= 0.6 is 0 Å². The van der Waals surface area contributed by atoms with Crippen LogP contribution in [0.3, 0.4) is 0 Å². The molecule has 1 fully saturated rings. The molecular weight excluding hydrogens is 188 g/mol. The zero-order chi connectivity index (χ0) is 11.3. The zero-order valence-electron chi connectivity index (χ0n) is 9.82. The van der Waals surface area contributed by atoms with Crippen molar-refractivity contribution in [3.63, 3.8) is 0 Å². The topological polar surface area (TPSA) is 56.3 Å². The predicted octanol–water partition coefficient (Wildman–Crippen LogP) is 0.253. The van der Waals surface area contributed by atoms with E-state index in [4.69, 9.17) is 11.0 Å². The molecule has 4 heteroatoms. The van der Waals surface area contributed by atoms with Gasteiger partial charge in [-0.3, -0.25) is 9.80 Å². The summed E-state index contributed by atoms with van der Waals surface area (Å²) in [6.45, 7) is 9.50. The Morgan fingerprint density at radius 1 is 1.33 bits per heavy atom. The highest BCUT2D eigenvalue weighted by Gasteiger charge is 2.20. The minimum absolute atomic E-state index is 0.333. The Morgan fingerprint density at radius 2 is 1.93 bits per heavy atom. The Morgan fingerprint density at radius 3 is 2.40 bits per heavy atom. The lowest BCUT2D eigenvalue weighted by atomic mass is 10.2. The number of hydrogen-bond donors (Lipinski definition) is 1. The molecule has 0 aromatic heterocycles. The molecular formula is C11H22N4. The number of nitrogens with zero attached hydrogens (tertiary/aromatic N) is 3. The van der Waals surface area contributed by atoms with E-state index in [-0.39, 0.29) is 6.04 Å². The van der Waals surface area contributed by atoms with Crippen molar-refractivity contribution in [1.29, 1.82) is 5.26 Å². The van der Waals surface area contributed by atoms with Gasteiger partial charge in [-0.25, -0.2) is 0 Å². The molecule has 1 heterocycles. The second kappa shape index (κ2) is 6.06. The Kier molecular flexibility index (Phi) is 5.03. The van der Waals surface area contributed by atoms with E-state index in [0.717, 1.165) is 26.2 Å². The minimum Gasteiger partial charge on any atom is -0.315 e. The van der Waals surface area contributed by atoms with E-state index in [1.165, 1.54) is 6.42 Å². The van der Waals surface area contributed by atoms with Crippen LogP contribution in [0.1, 0.15) is 20.3 Å². The second-order valence-electron chi connectivity index (χ2n) is 4.33. The summed E-state index contributed by atoms with van der Waals surface area (Å²) in [5.41, 5.74) is 5.61. The summed E-state index contributed by atoms with van der Waals surface area (Å²) in [6, 6.07) is 2.42. The lowest BCUT2D eigenvalue weighted by molar-refractivity contribution is 0.0997. The monoisotopic (exact) mass is 210 g/mol. The molecule has 0 amide bonds. The SMILES string of the molecule is CCC(C)N1CCN(CC(N)C#N)CC1. The van der Waals surface area contributed by atoms with E-state index in [0.29, 0.717) is 12.6 Å². The van der Waals surface area contributed by atoms with E-state index in [1.807, 2.05) is 0 Å². The molecule has 0 bridgehead atoms. The second-order valence-corrected chi connectivity index (χ2v) is 4.33. The van der Waals surface area contributed by atoms with Crippen molar-refractivity contribution >= 4 is 0 Å². The van der Waals surface area contributed by atoms with Crippen molar-refractivity contribution in [2.45, 2.75) is 32.4 Å². The fourth-order valence-corrected chi connectivity index (χ4v) is 1.96. The number of nitrogens with two attached hydrogens (primary N) is 1. The highest BCUT2D eigenvalue weighted by Crippen LogP contribution is 2.08. The van der Waals surface area contributed by atoms with Crippen molar-refractivity contribution in [3.8, 4) is 6.07 Å². The fraction of sp³-hybridized carbons (Fsp3) is 0.909. The molecule has 1 aliphatic rings. The third-order valence-corrected chi connectivity index (χ3v) is 3.24. The average Bonchev–Trinajstić information content (AvgIpc) is 2.29. The molecule has 4 nitrogen and oxygen atoms in total. The molecule has 0 aromatic carbocycles. The van der Waals surface area contributed by atoms with Crippen LogP contribution in [0.2, 0.25) is 0 Å². The molecule has 2 N–H and O–H groups in total. The third-order valence-electron chi connectivity index (χ3n) is 3.24. The van der Waals surface area contributed by atoms with Crippen molar-refractivity contribution in [1.82, 2.24) is 9.80 Å². The van der Waals surface area contributed by atoms with Crippen LogP contribution in [-0.2, 0) is 0 Å². The van der Waals surface area contributed by atoms with Crippen LogP contribution < -0.4 is 5.73 Å². The van der Waals surface area contributed by atoms with Gasteiger partial charge >= 0.3 is 0 Å². The van der Waals surface area contributed by atoms with Crippen molar-refractivity contribution in [3.05, 3.63) is 0 Å². The summed E-state index contributed by atoms with van der Waals surface area (Å²) >= 11 is 0. The van der Waals surface area contributed by atoms with Gasteiger partial charge in [0.05, 0.1) is 6.07 Å². The van der Waals surface area contributed by atoms with Crippen LogP contribution in [0, 0.1) is 11.3 Å². The summed E-state index contributed by atoms with van der Waals surface area (Å²) in [5.74, 6) is 0. The van der Waals surface area contributed by atoms with E-state index in [2.05, 4.69) is 29.7 Å². The molecule has 0 aliphatic carbocycles. The third kappa shape index (κ3) is 3.78. The minimum atomic E-state index is -0.333. The Hall–Kier alpha value is -0.630. The Bertz CT molecular complexity index is 215. The lowest BCUT2D eigenvalue weighted by Gasteiger charge is -2.38. The lowest BCUT2D eigenvalue weighted by Crippen LogP contribution is -2.51. The standard InChI is InChI=1S/C11H22N4/c1-3-10(2)15-6-4-14(5-7-15)9-11(13)8-12/h10-11H,3-7,9,13H2,1-2H3. The maximum absolute atomic E-state index is 8.63. The average molecular weight is 210 g/mol. The first-order valence-corrected chi connectivity index (χ1v) is 5.79. The normalized spacial score (nSPS) is 23.3. The molecule has 2 unspecified atom stereocenters. The fourth-order valence-electron chi connectivity index (χ4n) is 1.96. The van der Waals surface area contributed by atoms with Crippen molar-refractivity contribution in [2.75, 3.05) is 32.7 Å². The first-order valence-electron chi connectivity index (χ1n) is 5.79. The van der Waals surface area contributed by atoms with Gasteiger partial charge in [0.1, 0.15) is 6.04 Å². The molecule has 0 saturated carbocycles. The molecule has 0 radical (unpaired) electrons. The number of piperazine rings is 1. The van der Waals surface area contributed by atoms with Gasteiger partial charge < -0.3 is 5.73 Å². The van der Waals surface area contributed by atoms with Gasteiger partial charge in [0.25, 0.3) is 0 Å². The molecule has 0 spiro atoms. The highest BCUT2D eigenvalue weighted by atomic mass is 15.3. The van der Waals surface area contributed by atoms with E-state index in [9.17, 15) is 0 Å². The number of nitriles is 1. The Balaban J connectivity index is 2.27. The summed E-state index contributed by atoms with van der Waals surface area (Å²) in [7, 11) is 0. The largest absolute Gasteiger partial charge is 0.315 e. The number of hydrogen-bond acceptors (Lipinski definition) is 4. The molecule has 15 heavy (non-hydrogen) atoms. The smallest absolute Gasteiger partial charge is 0.106 e. The molecule has 1 saturated heterocycles. The summed E-state index contributed by atoms with van der Waals surface area (Å²) in [4.78, 5) is 4.79. The van der Waals surface area contributed by atoms with Gasteiger partial charge in [0.2, 0.25) is 0 Å². The van der Waals surface area contributed by atoms with E-state index in [1.54, 1.807) is 0 Å². The summed E-state index contributed by atoms with van der Waals surface area (Å²) < 4.78 is 0. The molecule has 2 atom stereocenters. The first-order chi connectivity index (χ1) is 7.17. The Labute approximate surface area is 92.6 Å². The maximum atomic E-state index is 8.63. The van der Waals surface area contributed by atoms with Gasteiger partial charge in [-0.15, -0.1) is 0 Å².